The average Bonchev–Trinajstić information content (AvgIpc) is 2.38. The highest BCUT2D eigenvalue weighted by Gasteiger charge is 2.34. The maximum atomic E-state index is 5.49. The van der Waals surface area contributed by atoms with Gasteiger partial charge in [-0.05, 0) is 24.3 Å². The average molecular weight is 250 g/mol. The number of para-hydroxylation sites is 1. The number of ether oxygens (including phenoxy) is 1. The summed E-state index contributed by atoms with van der Waals surface area (Å²) in [5.41, 5.74) is 2.25. The van der Waals surface area contributed by atoms with E-state index in [1.165, 1.54) is 37.7 Å². The van der Waals surface area contributed by atoms with E-state index < -0.39 is 0 Å². The highest BCUT2D eigenvalue weighted by Crippen LogP contribution is 2.51. The molecule has 0 N–H and O–H groups in total. The second kappa shape index (κ2) is 5.40. The molecule has 94 valence electrons. The first-order chi connectivity index (χ1) is 8.17. The zero-order chi connectivity index (χ0) is 12.3. The largest absolute Gasteiger partial charge is 0.496 e. The lowest BCUT2D eigenvalue weighted by Crippen LogP contribution is -2.25. The molecule has 0 spiro atoms. The third-order valence-electron chi connectivity index (χ3n) is 4.22. The van der Waals surface area contributed by atoms with Crippen molar-refractivity contribution in [1.29, 1.82) is 0 Å². The van der Waals surface area contributed by atoms with Gasteiger partial charge in [-0.2, -0.15) is 0 Å². The Bertz CT molecular complexity index is 369. The van der Waals surface area contributed by atoms with E-state index in [-0.39, 0.29) is 0 Å². The number of methoxy groups -OCH3 is 1. The zero-order valence-corrected chi connectivity index (χ0v) is 12.1. The Morgan fingerprint density at radius 2 is 1.82 bits per heavy atom. The van der Waals surface area contributed by atoms with Crippen LogP contribution in [0.1, 0.15) is 50.3 Å². The SMILES string of the molecule is COc1ccccc1C(P)C1(C)CCCCC1. The molecule has 0 aromatic heterocycles. The lowest BCUT2D eigenvalue weighted by Gasteiger charge is -2.39. The van der Waals surface area contributed by atoms with E-state index in [0.717, 1.165) is 5.75 Å². The minimum atomic E-state index is 0.414. The summed E-state index contributed by atoms with van der Waals surface area (Å²) in [6.45, 7) is 2.43. The Labute approximate surface area is 107 Å². The number of hydrogen-bond donors (Lipinski definition) is 0. The van der Waals surface area contributed by atoms with Gasteiger partial charge in [0.1, 0.15) is 5.75 Å². The van der Waals surface area contributed by atoms with Crippen LogP contribution in [0.25, 0.3) is 0 Å². The van der Waals surface area contributed by atoms with E-state index >= 15 is 0 Å². The van der Waals surface area contributed by atoms with Crippen LogP contribution in [-0.4, -0.2) is 7.11 Å². The molecular formula is C15H23OP. The summed E-state index contributed by atoms with van der Waals surface area (Å²) in [5.74, 6) is 1.03. The summed E-state index contributed by atoms with van der Waals surface area (Å²) in [6, 6.07) is 8.43. The van der Waals surface area contributed by atoms with Crippen LogP contribution in [0, 0.1) is 5.41 Å². The van der Waals surface area contributed by atoms with Crippen molar-refractivity contribution in [2.24, 2.45) is 5.41 Å². The van der Waals surface area contributed by atoms with Crippen LogP contribution >= 0.6 is 9.24 Å². The second-order valence-electron chi connectivity index (χ2n) is 5.43. The van der Waals surface area contributed by atoms with Crippen LogP contribution in [0.15, 0.2) is 24.3 Å². The van der Waals surface area contributed by atoms with Gasteiger partial charge in [-0.3, -0.25) is 0 Å². The molecule has 1 aliphatic rings. The molecule has 1 aromatic carbocycles. The maximum Gasteiger partial charge on any atom is 0.122 e. The molecule has 2 atom stereocenters. The Balaban J connectivity index is 2.26. The van der Waals surface area contributed by atoms with E-state index in [9.17, 15) is 0 Å². The third-order valence-corrected chi connectivity index (χ3v) is 5.38. The van der Waals surface area contributed by atoms with Crippen molar-refractivity contribution >= 4 is 9.24 Å². The molecule has 2 rings (SSSR count). The first kappa shape index (κ1) is 12.9. The standard InChI is InChI=1S/C15H23OP/c1-15(10-6-3-7-11-15)14(17)12-8-4-5-9-13(12)16-2/h4-5,8-9,14H,3,6-7,10-11,17H2,1-2H3. The van der Waals surface area contributed by atoms with Crippen molar-refractivity contribution in [1.82, 2.24) is 0 Å². The molecule has 1 aromatic rings. The Kier molecular flexibility index (Phi) is 4.09. The minimum Gasteiger partial charge on any atom is -0.496 e. The van der Waals surface area contributed by atoms with Crippen LogP contribution in [-0.2, 0) is 0 Å². The molecule has 1 nitrogen and oxygen atoms in total. The van der Waals surface area contributed by atoms with Crippen LogP contribution in [0.4, 0.5) is 0 Å². The Morgan fingerprint density at radius 3 is 2.47 bits per heavy atom. The van der Waals surface area contributed by atoms with Gasteiger partial charge in [0.25, 0.3) is 0 Å². The molecule has 0 heterocycles. The van der Waals surface area contributed by atoms with Gasteiger partial charge in [-0.15, -0.1) is 9.24 Å². The van der Waals surface area contributed by atoms with Gasteiger partial charge >= 0.3 is 0 Å². The summed E-state index contributed by atoms with van der Waals surface area (Å²) in [6.07, 6.45) is 6.81. The molecule has 2 heteroatoms. The van der Waals surface area contributed by atoms with E-state index in [2.05, 4.69) is 34.4 Å². The first-order valence-electron chi connectivity index (χ1n) is 6.56. The van der Waals surface area contributed by atoms with Crippen molar-refractivity contribution < 1.29 is 4.74 Å². The second-order valence-corrected chi connectivity index (χ2v) is 6.10. The molecule has 1 aliphatic carbocycles. The van der Waals surface area contributed by atoms with E-state index in [4.69, 9.17) is 4.74 Å². The van der Waals surface area contributed by atoms with Gasteiger partial charge in [0.2, 0.25) is 0 Å². The lowest BCUT2D eigenvalue weighted by molar-refractivity contribution is 0.207. The van der Waals surface area contributed by atoms with Gasteiger partial charge < -0.3 is 4.74 Å². The third kappa shape index (κ3) is 2.65. The molecule has 0 saturated heterocycles. The van der Waals surface area contributed by atoms with Gasteiger partial charge in [-0.25, -0.2) is 0 Å². The molecule has 0 bridgehead atoms. The Morgan fingerprint density at radius 1 is 1.18 bits per heavy atom. The number of hydrogen-bond acceptors (Lipinski definition) is 1. The van der Waals surface area contributed by atoms with Gasteiger partial charge in [0.05, 0.1) is 7.11 Å². The fourth-order valence-electron chi connectivity index (χ4n) is 2.97. The van der Waals surface area contributed by atoms with Crippen LogP contribution < -0.4 is 4.74 Å². The van der Waals surface area contributed by atoms with Crippen molar-refractivity contribution in [3.63, 3.8) is 0 Å². The summed E-state index contributed by atoms with van der Waals surface area (Å²) in [4.78, 5) is 0. The molecule has 17 heavy (non-hydrogen) atoms. The quantitative estimate of drug-likeness (QED) is 0.713. The highest BCUT2D eigenvalue weighted by molar-refractivity contribution is 7.17. The van der Waals surface area contributed by atoms with E-state index in [1.54, 1.807) is 7.11 Å². The highest BCUT2D eigenvalue weighted by atomic mass is 31.0. The van der Waals surface area contributed by atoms with Crippen molar-refractivity contribution in [2.45, 2.75) is 44.7 Å². The summed E-state index contributed by atoms with van der Waals surface area (Å²) < 4.78 is 5.49. The predicted molar refractivity (Wildman–Crippen MR) is 76.6 cm³/mol. The normalized spacial score (nSPS) is 20.9. The van der Waals surface area contributed by atoms with Crippen LogP contribution in [0.5, 0.6) is 5.75 Å². The molecule has 0 radical (unpaired) electrons. The Hall–Kier alpha value is -0.550. The van der Waals surface area contributed by atoms with Crippen molar-refractivity contribution in [2.75, 3.05) is 7.11 Å². The molecule has 1 saturated carbocycles. The minimum absolute atomic E-state index is 0.414. The van der Waals surface area contributed by atoms with Gasteiger partial charge in [0.15, 0.2) is 0 Å². The van der Waals surface area contributed by atoms with E-state index in [0.29, 0.717) is 11.1 Å². The fraction of sp³-hybridized carbons (Fsp3) is 0.600. The molecule has 0 aliphatic heterocycles. The van der Waals surface area contributed by atoms with Crippen molar-refractivity contribution in [3.05, 3.63) is 29.8 Å². The first-order valence-corrected chi connectivity index (χ1v) is 7.22. The fourth-order valence-corrected chi connectivity index (χ4v) is 3.58. The van der Waals surface area contributed by atoms with Crippen molar-refractivity contribution in [3.8, 4) is 5.75 Å². The molecule has 0 amide bonds. The van der Waals surface area contributed by atoms with Crippen LogP contribution in [0.3, 0.4) is 0 Å². The lowest BCUT2D eigenvalue weighted by atomic mass is 9.71. The summed E-state index contributed by atoms with van der Waals surface area (Å²) in [7, 11) is 4.82. The van der Waals surface area contributed by atoms with Gasteiger partial charge in [-0.1, -0.05) is 44.4 Å². The molecule has 2 unspecified atom stereocenters. The number of benzene rings is 1. The topological polar surface area (TPSA) is 9.23 Å². The molecule has 1 fully saturated rings. The van der Waals surface area contributed by atoms with E-state index in [1.807, 2.05) is 6.07 Å². The predicted octanol–water partition coefficient (Wildman–Crippen LogP) is 4.58. The summed E-state index contributed by atoms with van der Waals surface area (Å²) in [5, 5.41) is 0. The smallest absolute Gasteiger partial charge is 0.122 e. The summed E-state index contributed by atoms with van der Waals surface area (Å²) >= 11 is 0. The number of rotatable bonds is 3. The monoisotopic (exact) mass is 250 g/mol. The molecular weight excluding hydrogens is 227 g/mol. The van der Waals surface area contributed by atoms with Gasteiger partial charge in [0, 0.05) is 11.2 Å². The van der Waals surface area contributed by atoms with Crippen LogP contribution in [0.2, 0.25) is 0 Å². The zero-order valence-electron chi connectivity index (χ0n) is 10.9. The maximum absolute atomic E-state index is 5.49.